The van der Waals surface area contributed by atoms with Crippen LogP contribution in [0, 0.1) is 6.92 Å². The highest BCUT2D eigenvalue weighted by atomic mass is 79.9. The minimum Gasteiger partial charge on any atom is -0.439 e. The smallest absolute Gasteiger partial charge is 0.219 e. The molecule has 2 N–H and O–H groups in total. The van der Waals surface area contributed by atoms with Crippen molar-refractivity contribution in [3.05, 3.63) is 52.1 Å². The summed E-state index contributed by atoms with van der Waals surface area (Å²) in [7, 11) is 0. The molecular weight excluding hydrogens is 312 g/mol. The highest BCUT2D eigenvalue weighted by Crippen LogP contribution is 2.26. The number of pyridine rings is 1. The van der Waals surface area contributed by atoms with Crippen LogP contribution in [-0.4, -0.2) is 9.97 Å². The second kappa shape index (κ2) is 5.46. The summed E-state index contributed by atoms with van der Waals surface area (Å²) in [4.78, 5) is 4.46. The first kappa shape index (κ1) is 13.0. The number of rotatable bonds is 3. The zero-order valence-electron chi connectivity index (χ0n) is 9.68. The van der Waals surface area contributed by atoms with Gasteiger partial charge in [-0.3, -0.25) is 0 Å². The van der Waals surface area contributed by atoms with Gasteiger partial charge in [-0.2, -0.15) is 0 Å². The van der Waals surface area contributed by atoms with Crippen LogP contribution in [0.25, 0.3) is 0 Å². The van der Waals surface area contributed by atoms with Crippen LogP contribution in [0.4, 0.5) is 0 Å². The lowest BCUT2D eigenvalue weighted by molar-refractivity contribution is 0.459. The number of ether oxygens (including phenoxy) is 1. The monoisotopic (exact) mass is 322 g/mol. The summed E-state index contributed by atoms with van der Waals surface area (Å²) < 4.78 is 6.72. The van der Waals surface area contributed by atoms with Crippen LogP contribution in [-0.2, 0) is 0 Å². The minimum atomic E-state index is 0.328. The molecule has 3 nitrogen and oxygen atoms in total. The van der Waals surface area contributed by atoms with Gasteiger partial charge in [0, 0.05) is 22.3 Å². The van der Waals surface area contributed by atoms with Gasteiger partial charge in [-0.1, -0.05) is 28.1 Å². The standard InChI is InChI=1S/C13H11BrN2OS/c1-8-6-10(14)2-3-11(8)17-12-7-9(13(15)18)4-5-16-12/h2-7H,1H3,(H2,15,18). The second-order valence-electron chi connectivity index (χ2n) is 3.76. The molecule has 1 aromatic heterocycles. The lowest BCUT2D eigenvalue weighted by atomic mass is 10.2. The summed E-state index contributed by atoms with van der Waals surface area (Å²) in [6.45, 7) is 1.97. The minimum absolute atomic E-state index is 0.328. The van der Waals surface area contributed by atoms with Crippen LogP contribution >= 0.6 is 28.1 Å². The fourth-order valence-electron chi connectivity index (χ4n) is 1.46. The van der Waals surface area contributed by atoms with Crippen molar-refractivity contribution in [3.8, 4) is 11.6 Å². The van der Waals surface area contributed by atoms with Crippen LogP contribution in [0.1, 0.15) is 11.1 Å². The molecule has 18 heavy (non-hydrogen) atoms. The Hall–Kier alpha value is -1.46. The molecule has 1 heterocycles. The largest absolute Gasteiger partial charge is 0.439 e. The zero-order valence-corrected chi connectivity index (χ0v) is 12.1. The van der Waals surface area contributed by atoms with Gasteiger partial charge in [0.1, 0.15) is 10.7 Å². The Labute approximate surface area is 119 Å². The van der Waals surface area contributed by atoms with E-state index in [1.165, 1.54) is 0 Å². The summed E-state index contributed by atoms with van der Waals surface area (Å²) in [5, 5.41) is 0. The van der Waals surface area contributed by atoms with Crippen LogP contribution in [0.15, 0.2) is 41.0 Å². The van der Waals surface area contributed by atoms with E-state index in [9.17, 15) is 0 Å². The summed E-state index contributed by atoms with van der Waals surface area (Å²) in [6, 6.07) is 9.26. The van der Waals surface area contributed by atoms with Gasteiger partial charge in [0.15, 0.2) is 0 Å². The number of nitrogens with two attached hydrogens (primary N) is 1. The average molecular weight is 323 g/mol. The third-order valence-corrected chi connectivity index (χ3v) is 3.10. The molecule has 0 bridgehead atoms. The molecule has 0 aliphatic heterocycles. The molecule has 0 unspecified atom stereocenters. The summed E-state index contributed by atoms with van der Waals surface area (Å²) >= 11 is 8.32. The third-order valence-electron chi connectivity index (χ3n) is 2.37. The molecule has 0 aliphatic carbocycles. The van der Waals surface area contributed by atoms with E-state index in [1.54, 1.807) is 18.3 Å². The van der Waals surface area contributed by atoms with Gasteiger partial charge in [-0.25, -0.2) is 4.98 Å². The maximum Gasteiger partial charge on any atom is 0.219 e. The number of nitrogens with zero attached hydrogens (tertiary/aromatic N) is 1. The molecule has 5 heteroatoms. The lowest BCUT2D eigenvalue weighted by Gasteiger charge is -2.08. The van der Waals surface area contributed by atoms with Crippen molar-refractivity contribution >= 4 is 33.1 Å². The maximum absolute atomic E-state index is 5.71. The van der Waals surface area contributed by atoms with Crippen LogP contribution in [0.2, 0.25) is 0 Å². The molecule has 0 aliphatic rings. The van der Waals surface area contributed by atoms with Gasteiger partial charge in [0.2, 0.25) is 5.88 Å². The molecule has 0 amide bonds. The van der Waals surface area contributed by atoms with Crippen molar-refractivity contribution in [2.24, 2.45) is 5.73 Å². The summed E-state index contributed by atoms with van der Waals surface area (Å²) in [6.07, 6.45) is 1.62. The molecule has 92 valence electrons. The van der Waals surface area contributed by atoms with Gasteiger partial charge in [-0.05, 0) is 36.8 Å². The Bertz CT molecular complexity index is 601. The number of hydrogen-bond acceptors (Lipinski definition) is 3. The van der Waals surface area contributed by atoms with Crippen LogP contribution in [0.3, 0.4) is 0 Å². The topological polar surface area (TPSA) is 48.1 Å². The third kappa shape index (κ3) is 3.05. The Morgan fingerprint density at radius 2 is 2.11 bits per heavy atom. The Morgan fingerprint density at radius 1 is 1.33 bits per heavy atom. The Balaban J connectivity index is 2.28. The quantitative estimate of drug-likeness (QED) is 0.877. The van der Waals surface area contributed by atoms with E-state index < -0.39 is 0 Å². The molecule has 2 rings (SSSR count). The molecule has 2 aromatic rings. The number of benzene rings is 1. The van der Waals surface area contributed by atoms with Crippen LogP contribution in [0.5, 0.6) is 11.6 Å². The Kier molecular flexibility index (Phi) is 3.93. The summed E-state index contributed by atoms with van der Waals surface area (Å²) in [5.41, 5.74) is 7.33. The number of thiocarbonyl (C=S) groups is 1. The van der Waals surface area contributed by atoms with Crippen LogP contribution < -0.4 is 10.5 Å². The normalized spacial score (nSPS) is 10.1. The average Bonchev–Trinajstić information content (AvgIpc) is 2.33. The van der Waals surface area contributed by atoms with Crippen molar-refractivity contribution in [1.29, 1.82) is 0 Å². The molecule has 0 atom stereocenters. The predicted octanol–water partition coefficient (Wildman–Crippen LogP) is 3.58. The molecule has 0 fully saturated rings. The molecule has 1 aromatic carbocycles. The van der Waals surface area contributed by atoms with E-state index in [-0.39, 0.29) is 0 Å². The number of halogens is 1. The van der Waals surface area contributed by atoms with E-state index >= 15 is 0 Å². The molecule has 0 radical (unpaired) electrons. The fourth-order valence-corrected chi connectivity index (χ4v) is 2.06. The van der Waals surface area contributed by atoms with E-state index in [2.05, 4.69) is 20.9 Å². The zero-order chi connectivity index (χ0) is 13.1. The molecular formula is C13H11BrN2OS. The SMILES string of the molecule is Cc1cc(Br)ccc1Oc1cc(C(N)=S)ccn1. The van der Waals surface area contributed by atoms with Gasteiger partial charge in [0.05, 0.1) is 0 Å². The van der Waals surface area contributed by atoms with Gasteiger partial charge in [0.25, 0.3) is 0 Å². The van der Waals surface area contributed by atoms with Gasteiger partial charge >= 0.3 is 0 Å². The second-order valence-corrected chi connectivity index (χ2v) is 5.11. The maximum atomic E-state index is 5.71. The highest BCUT2D eigenvalue weighted by Gasteiger charge is 2.05. The van der Waals surface area contributed by atoms with E-state index in [4.69, 9.17) is 22.7 Å². The number of aromatic nitrogens is 1. The predicted molar refractivity (Wildman–Crippen MR) is 79.1 cm³/mol. The van der Waals surface area contributed by atoms with Crippen molar-refractivity contribution in [1.82, 2.24) is 4.98 Å². The first-order valence-electron chi connectivity index (χ1n) is 5.26. The van der Waals surface area contributed by atoms with Crippen molar-refractivity contribution in [3.63, 3.8) is 0 Å². The van der Waals surface area contributed by atoms with Crippen molar-refractivity contribution < 1.29 is 4.74 Å². The van der Waals surface area contributed by atoms with E-state index in [1.807, 2.05) is 25.1 Å². The summed E-state index contributed by atoms with van der Waals surface area (Å²) in [5.74, 6) is 1.23. The first-order chi connectivity index (χ1) is 8.56. The van der Waals surface area contributed by atoms with Gasteiger partial charge < -0.3 is 10.5 Å². The molecule has 0 saturated carbocycles. The first-order valence-corrected chi connectivity index (χ1v) is 6.46. The van der Waals surface area contributed by atoms with E-state index in [0.717, 1.165) is 21.3 Å². The number of aryl methyl sites for hydroxylation is 1. The van der Waals surface area contributed by atoms with Gasteiger partial charge in [-0.15, -0.1) is 0 Å². The molecule has 0 spiro atoms. The fraction of sp³-hybridized carbons (Fsp3) is 0.0769. The Morgan fingerprint density at radius 3 is 2.78 bits per heavy atom. The van der Waals surface area contributed by atoms with Crippen molar-refractivity contribution in [2.45, 2.75) is 6.92 Å². The number of hydrogen-bond donors (Lipinski definition) is 1. The van der Waals surface area contributed by atoms with E-state index in [0.29, 0.717) is 10.9 Å². The van der Waals surface area contributed by atoms with Crippen molar-refractivity contribution in [2.75, 3.05) is 0 Å². The molecule has 0 saturated heterocycles. The highest BCUT2D eigenvalue weighted by molar-refractivity contribution is 9.10. The lowest BCUT2D eigenvalue weighted by Crippen LogP contribution is -2.09.